The van der Waals surface area contributed by atoms with Crippen molar-refractivity contribution in [1.82, 2.24) is 0 Å². The topological polar surface area (TPSA) is 0 Å². The van der Waals surface area contributed by atoms with Crippen LogP contribution >= 0.6 is 6.89 Å². The smallest absolute Gasteiger partial charge is 0.0160 e. The molecule has 24 heavy (non-hydrogen) atoms. The minimum atomic E-state index is -1.84. The molecule has 1 heteroatoms. The Morgan fingerprint density at radius 3 is 1.25 bits per heavy atom. The molecule has 0 saturated carbocycles. The summed E-state index contributed by atoms with van der Waals surface area (Å²) in [6, 6.07) is 32.4. The van der Waals surface area contributed by atoms with Gasteiger partial charge >= 0.3 is 0 Å². The molecule has 0 aliphatic heterocycles. The van der Waals surface area contributed by atoms with Gasteiger partial charge in [-0.1, -0.05) is 122 Å². The Morgan fingerprint density at radius 1 is 0.542 bits per heavy atom. The van der Waals surface area contributed by atoms with Crippen LogP contribution in [0.2, 0.25) is 0 Å². The van der Waals surface area contributed by atoms with Gasteiger partial charge in [-0.25, -0.2) is 0 Å². The van der Waals surface area contributed by atoms with Crippen LogP contribution in [0.3, 0.4) is 0 Å². The van der Waals surface area contributed by atoms with Crippen LogP contribution in [-0.2, 0) is 0 Å². The summed E-state index contributed by atoms with van der Waals surface area (Å²) in [7, 11) is 0. The molecule has 0 aliphatic rings. The van der Waals surface area contributed by atoms with Crippen molar-refractivity contribution in [3.63, 3.8) is 0 Å². The molecule has 0 aromatic heterocycles. The lowest BCUT2D eigenvalue weighted by atomic mass is 10.4. The number of benzene rings is 3. The number of rotatable bonds is 5. The van der Waals surface area contributed by atoms with Crippen LogP contribution in [0.25, 0.3) is 0 Å². The number of hydrogen-bond acceptors (Lipinski definition) is 0. The molecule has 3 aromatic rings. The van der Waals surface area contributed by atoms with E-state index in [1.807, 2.05) is 12.2 Å². The molecule has 118 valence electrons. The largest absolute Gasteiger partial charge is 0.0991 e. The molecule has 3 rings (SSSR count). The van der Waals surface area contributed by atoms with Gasteiger partial charge in [0.25, 0.3) is 0 Å². The maximum atomic E-state index is 3.80. The Morgan fingerprint density at radius 2 is 0.917 bits per heavy atom. The predicted octanol–water partition coefficient (Wildman–Crippen LogP) is 4.52. The minimum Gasteiger partial charge on any atom is -0.0991 e. The van der Waals surface area contributed by atoms with Crippen LogP contribution in [0.4, 0.5) is 0 Å². The predicted molar refractivity (Wildman–Crippen MR) is 111 cm³/mol. The molecule has 0 N–H and O–H groups in total. The summed E-state index contributed by atoms with van der Waals surface area (Å²) in [5.41, 5.74) is 0. The van der Waals surface area contributed by atoms with Gasteiger partial charge in [-0.2, -0.15) is 0 Å². The summed E-state index contributed by atoms with van der Waals surface area (Å²) in [5, 5.41) is 4.07. The molecule has 0 fully saturated rings. The molecule has 0 amide bonds. The second-order valence-corrected chi connectivity index (χ2v) is 8.79. The molecule has 0 heterocycles. The highest BCUT2D eigenvalue weighted by Crippen LogP contribution is 2.43. The van der Waals surface area contributed by atoms with E-state index in [4.69, 9.17) is 0 Å². The molecular formula is C23H21P. The molecule has 0 atom stereocenters. The lowest BCUT2D eigenvalue weighted by Gasteiger charge is -2.28. The Kier molecular flexibility index (Phi) is 5.31. The number of allylic oxidation sites excluding steroid dienone is 3. The lowest BCUT2D eigenvalue weighted by molar-refractivity contribution is 1.73. The van der Waals surface area contributed by atoms with E-state index in [0.717, 1.165) is 0 Å². The van der Waals surface area contributed by atoms with E-state index in [1.165, 1.54) is 15.9 Å². The zero-order valence-corrected chi connectivity index (χ0v) is 14.5. The molecule has 0 saturated heterocycles. The van der Waals surface area contributed by atoms with E-state index >= 15 is 0 Å². The Hall–Kier alpha value is -2.56. The van der Waals surface area contributed by atoms with Gasteiger partial charge in [-0.05, 0) is 22.8 Å². The maximum Gasteiger partial charge on any atom is -0.0160 e. The molecule has 0 unspecified atom stereocenters. The van der Waals surface area contributed by atoms with Gasteiger partial charge in [0, 0.05) is 0 Å². The first-order valence-corrected chi connectivity index (χ1v) is 9.93. The summed E-state index contributed by atoms with van der Waals surface area (Å²) in [5.74, 6) is 2.37. The van der Waals surface area contributed by atoms with Gasteiger partial charge in [-0.15, -0.1) is 0 Å². The highest BCUT2D eigenvalue weighted by molar-refractivity contribution is 7.94. The van der Waals surface area contributed by atoms with Crippen LogP contribution in [0, 0.1) is 0 Å². The normalized spacial score (nSPS) is 11.3. The van der Waals surface area contributed by atoms with Crippen LogP contribution in [0.15, 0.2) is 116 Å². The van der Waals surface area contributed by atoms with Crippen LogP contribution in [-0.4, -0.2) is 5.80 Å². The van der Waals surface area contributed by atoms with Gasteiger partial charge in [0.1, 0.15) is 0 Å². The standard InChI is InChI=1S/C23H21P/c1-2-3-13-20-24(21-14-7-4-8-15-21,22-16-9-5-10-17-22)23-18-11-6-12-19-23/h2-20H,1H2. The average Bonchev–Trinajstić information content (AvgIpc) is 2.68. The van der Waals surface area contributed by atoms with Crippen molar-refractivity contribution >= 4 is 28.6 Å². The summed E-state index contributed by atoms with van der Waals surface area (Å²) < 4.78 is 0. The fraction of sp³-hybridized carbons (Fsp3) is 0. The monoisotopic (exact) mass is 328 g/mol. The highest BCUT2D eigenvalue weighted by atomic mass is 31.2. The summed E-state index contributed by atoms with van der Waals surface area (Å²) >= 11 is 0. The summed E-state index contributed by atoms with van der Waals surface area (Å²) in [6.45, 7) is 1.96. The molecule has 0 radical (unpaired) electrons. The molecular weight excluding hydrogens is 307 g/mol. The summed E-state index contributed by atoms with van der Waals surface area (Å²) in [4.78, 5) is 0. The Labute approximate surface area is 144 Å². The van der Waals surface area contributed by atoms with Gasteiger partial charge < -0.3 is 0 Å². The SMILES string of the molecule is C=CC=CC=P(c1ccccc1)(c1ccccc1)c1ccccc1. The lowest BCUT2D eigenvalue weighted by Crippen LogP contribution is -2.26. The zero-order valence-electron chi connectivity index (χ0n) is 13.6. The summed E-state index contributed by atoms with van der Waals surface area (Å²) in [6.07, 6.45) is 5.96. The van der Waals surface area contributed by atoms with E-state index in [2.05, 4.69) is 109 Å². The third kappa shape index (κ3) is 3.20. The van der Waals surface area contributed by atoms with Crippen LogP contribution in [0.5, 0.6) is 0 Å². The maximum absolute atomic E-state index is 3.80. The van der Waals surface area contributed by atoms with E-state index < -0.39 is 6.89 Å². The van der Waals surface area contributed by atoms with Gasteiger partial charge in [0.15, 0.2) is 0 Å². The van der Waals surface area contributed by atoms with Crippen molar-refractivity contribution in [1.29, 1.82) is 0 Å². The third-order valence-corrected chi connectivity index (χ3v) is 8.00. The van der Waals surface area contributed by atoms with Crippen LogP contribution < -0.4 is 15.9 Å². The van der Waals surface area contributed by atoms with Crippen molar-refractivity contribution in [3.8, 4) is 0 Å². The molecule has 0 aliphatic carbocycles. The minimum absolute atomic E-state index is 1.36. The fourth-order valence-electron chi connectivity index (χ4n) is 2.95. The molecule has 0 bridgehead atoms. The van der Waals surface area contributed by atoms with E-state index in [1.54, 1.807) is 0 Å². The van der Waals surface area contributed by atoms with Crippen molar-refractivity contribution in [3.05, 3.63) is 116 Å². The first-order chi connectivity index (χ1) is 11.9. The highest BCUT2D eigenvalue weighted by Gasteiger charge is 2.23. The van der Waals surface area contributed by atoms with Gasteiger partial charge in [0.2, 0.25) is 0 Å². The molecule has 0 nitrogen and oxygen atoms in total. The third-order valence-electron chi connectivity index (χ3n) is 4.05. The van der Waals surface area contributed by atoms with Gasteiger partial charge in [0.05, 0.1) is 0 Å². The van der Waals surface area contributed by atoms with Crippen molar-refractivity contribution in [2.75, 3.05) is 0 Å². The molecule has 3 aromatic carbocycles. The average molecular weight is 328 g/mol. The van der Waals surface area contributed by atoms with Crippen molar-refractivity contribution in [2.24, 2.45) is 0 Å². The quantitative estimate of drug-likeness (QED) is 0.477. The van der Waals surface area contributed by atoms with E-state index in [9.17, 15) is 0 Å². The first-order valence-electron chi connectivity index (χ1n) is 8.07. The van der Waals surface area contributed by atoms with Crippen molar-refractivity contribution < 1.29 is 0 Å². The van der Waals surface area contributed by atoms with E-state index in [0.29, 0.717) is 0 Å². The van der Waals surface area contributed by atoms with Crippen LogP contribution in [0.1, 0.15) is 0 Å². The fourth-order valence-corrected chi connectivity index (χ4v) is 6.65. The second-order valence-electron chi connectivity index (χ2n) is 5.50. The van der Waals surface area contributed by atoms with Gasteiger partial charge in [-0.3, -0.25) is 0 Å². The van der Waals surface area contributed by atoms with Crippen molar-refractivity contribution in [2.45, 2.75) is 0 Å². The second kappa shape index (κ2) is 7.81. The Bertz CT molecular complexity index is 756. The number of hydrogen-bond donors (Lipinski definition) is 0. The first kappa shape index (κ1) is 16.3. The molecule has 0 spiro atoms. The van der Waals surface area contributed by atoms with E-state index in [-0.39, 0.29) is 0 Å². The Balaban J connectivity index is 2.40. The zero-order chi connectivity index (χ0) is 16.7.